The number of furan rings is 1. The molecule has 0 bridgehead atoms. The second-order valence-electron chi connectivity index (χ2n) is 3.35. The number of halogens is 1. The third kappa shape index (κ3) is 2.25. The van der Waals surface area contributed by atoms with Crippen LogP contribution in [0.4, 0.5) is 5.69 Å². The number of amides is 1. The Labute approximate surface area is 98.0 Å². The van der Waals surface area contributed by atoms with Gasteiger partial charge in [0.25, 0.3) is 5.91 Å². The Bertz CT molecular complexity index is 502. The van der Waals surface area contributed by atoms with E-state index in [1.54, 1.807) is 37.3 Å². The molecule has 0 spiro atoms. The van der Waals surface area contributed by atoms with Crippen LogP contribution in [0.2, 0.25) is 5.02 Å². The molecule has 0 atom stereocenters. The van der Waals surface area contributed by atoms with Crippen molar-refractivity contribution in [3.8, 4) is 0 Å². The van der Waals surface area contributed by atoms with Gasteiger partial charge in [0.15, 0.2) is 0 Å². The first-order chi connectivity index (χ1) is 7.66. The van der Waals surface area contributed by atoms with Crippen LogP contribution in [0.15, 0.2) is 41.0 Å². The molecule has 1 heterocycles. The van der Waals surface area contributed by atoms with Gasteiger partial charge in [-0.2, -0.15) is 0 Å². The predicted molar refractivity (Wildman–Crippen MR) is 62.9 cm³/mol. The van der Waals surface area contributed by atoms with Gasteiger partial charge in [-0.3, -0.25) is 4.79 Å². The van der Waals surface area contributed by atoms with E-state index in [0.717, 1.165) is 0 Å². The van der Waals surface area contributed by atoms with Crippen molar-refractivity contribution in [2.24, 2.45) is 0 Å². The fourth-order valence-electron chi connectivity index (χ4n) is 1.35. The monoisotopic (exact) mass is 235 g/mol. The molecule has 1 amide bonds. The summed E-state index contributed by atoms with van der Waals surface area (Å²) in [7, 11) is 0. The molecule has 2 aromatic rings. The van der Waals surface area contributed by atoms with E-state index in [1.807, 2.05) is 0 Å². The van der Waals surface area contributed by atoms with E-state index in [0.29, 0.717) is 22.0 Å². The van der Waals surface area contributed by atoms with E-state index in [2.05, 4.69) is 5.32 Å². The molecule has 2 rings (SSSR count). The average Bonchev–Trinajstić information content (AvgIpc) is 2.68. The van der Waals surface area contributed by atoms with Gasteiger partial charge in [0.05, 0.1) is 11.8 Å². The molecule has 0 saturated carbocycles. The number of rotatable bonds is 2. The topological polar surface area (TPSA) is 42.2 Å². The molecular formula is C12H10ClNO2. The summed E-state index contributed by atoms with van der Waals surface area (Å²) >= 11 is 5.75. The Morgan fingerprint density at radius 3 is 2.50 bits per heavy atom. The smallest absolute Gasteiger partial charge is 0.259 e. The molecule has 4 heteroatoms. The molecule has 82 valence electrons. The first-order valence-corrected chi connectivity index (χ1v) is 5.15. The zero-order chi connectivity index (χ0) is 11.5. The van der Waals surface area contributed by atoms with Crippen LogP contribution in [0.5, 0.6) is 0 Å². The molecule has 1 aromatic carbocycles. The first kappa shape index (κ1) is 10.8. The maximum absolute atomic E-state index is 11.8. The fourth-order valence-corrected chi connectivity index (χ4v) is 1.48. The van der Waals surface area contributed by atoms with Crippen LogP contribution in [0.1, 0.15) is 16.1 Å². The highest BCUT2D eigenvalue weighted by atomic mass is 35.5. The lowest BCUT2D eigenvalue weighted by Gasteiger charge is -2.03. The molecule has 0 radical (unpaired) electrons. The largest absolute Gasteiger partial charge is 0.469 e. The Kier molecular flexibility index (Phi) is 2.97. The van der Waals surface area contributed by atoms with Crippen molar-refractivity contribution in [2.45, 2.75) is 6.92 Å². The van der Waals surface area contributed by atoms with Crippen LogP contribution in [-0.4, -0.2) is 5.91 Å². The number of carbonyl (C=O) groups excluding carboxylic acids is 1. The third-order valence-corrected chi connectivity index (χ3v) is 2.46. The minimum absolute atomic E-state index is 0.187. The van der Waals surface area contributed by atoms with Crippen molar-refractivity contribution in [2.75, 3.05) is 5.32 Å². The Morgan fingerprint density at radius 2 is 1.94 bits per heavy atom. The van der Waals surface area contributed by atoms with Crippen LogP contribution in [-0.2, 0) is 0 Å². The second-order valence-corrected chi connectivity index (χ2v) is 3.79. The summed E-state index contributed by atoms with van der Waals surface area (Å²) in [6, 6.07) is 8.57. The lowest BCUT2D eigenvalue weighted by atomic mass is 10.2. The Hall–Kier alpha value is -1.74. The van der Waals surface area contributed by atoms with E-state index < -0.39 is 0 Å². The molecule has 1 aromatic heterocycles. The minimum Gasteiger partial charge on any atom is -0.469 e. The second kappa shape index (κ2) is 4.41. The number of anilines is 1. The SMILES string of the molecule is Cc1occc1C(=O)Nc1ccc(Cl)cc1. The summed E-state index contributed by atoms with van der Waals surface area (Å²) in [5.41, 5.74) is 1.24. The highest BCUT2D eigenvalue weighted by molar-refractivity contribution is 6.30. The van der Waals surface area contributed by atoms with E-state index in [-0.39, 0.29) is 5.91 Å². The molecule has 0 aliphatic carbocycles. The fraction of sp³-hybridized carbons (Fsp3) is 0.0833. The maximum Gasteiger partial charge on any atom is 0.259 e. The van der Waals surface area contributed by atoms with Gasteiger partial charge in [-0.25, -0.2) is 0 Å². The molecule has 0 saturated heterocycles. The summed E-state index contributed by atoms with van der Waals surface area (Å²) in [4.78, 5) is 11.8. The molecule has 1 N–H and O–H groups in total. The van der Waals surface area contributed by atoms with E-state index in [4.69, 9.17) is 16.0 Å². The third-order valence-electron chi connectivity index (χ3n) is 2.21. The lowest BCUT2D eigenvalue weighted by Crippen LogP contribution is -2.11. The van der Waals surface area contributed by atoms with Gasteiger partial charge in [0.1, 0.15) is 5.76 Å². The van der Waals surface area contributed by atoms with Crippen LogP contribution < -0.4 is 5.32 Å². The van der Waals surface area contributed by atoms with Crippen LogP contribution in [0, 0.1) is 6.92 Å². The highest BCUT2D eigenvalue weighted by Crippen LogP contribution is 2.16. The van der Waals surface area contributed by atoms with Gasteiger partial charge >= 0.3 is 0 Å². The predicted octanol–water partition coefficient (Wildman–Crippen LogP) is 3.49. The molecule has 0 fully saturated rings. The lowest BCUT2D eigenvalue weighted by molar-refractivity contribution is 0.102. The number of aryl methyl sites for hydroxylation is 1. The van der Waals surface area contributed by atoms with Gasteiger partial charge in [0.2, 0.25) is 0 Å². The van der Waals surface area contributed by atoms with E-state index in [1.165, 1.54) is 6.26 Å². The van der Waals surface area contributed by atoms with E-state index >= 15 is 0 Å². The minimum atomic E-state index is -0.187. The van der Waals surface area contributed by atoms with Gasteiger partial charge in [0, 0.05) is 10.7 Å². The molecule has 16 heavy (non-hydrogen) atoms. The summed E-state index contributed by atoms with van der Waals surface area (Å²) in [6.07, 6.45) is 1.49. The van der Waals surface area contributed by atoms with Crippen molar-refractivity contribution in [3.63, 3.8) is 0 Å². The van der Waals surface area contributed by atoms with Crippen molar-refractivity contribution < 1.29 is 9.21 Å². The van der Waals surface area contributed by atoms with Crippen molar-refractivity contribution >= 4 is 23.2 Å². The normalized spacial score (nSPS) is 10.1. The molecule has 0 aliphatic rings. The van der Waals surface area contributed by atoms with E-state index in [9.17, 15) is 4.79 Å². The molecular weight excluding hydrogens is 226 g/mol. The maximum atomic E-state index is 11.8. The Balaban J connectivity index is 2.14. The van der Waals surface area contributed by atoms with Gasteiger partial charge in [-0.15, -0.1) is 0 Å². The number of hydrogen-bond donors (Lipinski definition) is 1. The number of hydrogen-bond acceptors (Lipinski definition) is 2. The van der Waals surface area contributed by atoms with Crippen molar-refractivity contribution in [1.29, 1.82) is 0 Å². The van der Waals surface area contributed by atoms with Gasteiger partial charge in [-0.05, 0) is 37.3 Å². The van der Waals surface area contributed by atoms with Crippen LogP contribution in [0.3, 0.4) is 0 Å². The number of benzene rings is 1. The quantitative estimate of drug-likeness (QED) is 0.866. The summed E-state index contributed by atoms with van der Waals surface area (Å²) in [5.74, 6) is 0.417. The van der Waals surface area contributed by atoms with Crippen LogP contribution in [0.25, 0.3) is 0 Å². The zero-order valence-electron chi connectivity index (χ0n) is 8.66. The van der Waals surface area contributed by atoms with Gasteiger partial charge in [-0.1, -0.05) is 11.6 Å². The molecule has 0 aliphatic heterocycles. The average molecular weight is 236 g/mol. The standard InChI is InChI=1S/C12H10ClNO2/c1-8-11(6-7-16-8)12(15)14-10-4-2-9(13)3-5-10/h2-7H,1H3,(H,14,15). The number of nitrogens with one attached hydrogen (secondary N) is 1. The summed E-state index contributed by atoms with van der Waals surface area (Å²) in [5, 5.41) is 3.39. The van der Waals surface area contributed by atoms with Crippen molar-refractivity contribution in [3.05, 3.63) is 52.9 Å². The molecule has 0 unspecified atom stereocenters. The summed E-state index contributed by atoms with van der Waals surface area (Å²) < 4.78 is 5.06. The number of carbonyl (C=O) groups is 1. The highest BCUT2D eigenvalue weighted by Gasteiger charge is 2.11. The Morgan fingerprint density at radius 1 is 1.25 bits per heavy atom. The molecule has 3 nitrogen and oxygen atoms in total. The zero-order valence-corrected chi connectivity index (χ0v) is 9.41. The van der Waals surface area contributed by atoms with Crippen molar-refractivity contribution in [1.82, 2.24) is 0 Å². The van der Waals surface area contributed by atoms with Gasteiger partial charge < -0.3 is 9.73 Å². The van der Waals surface area contributed by atoms with Crippen LogP contribution >= 0.6 is 11.6 Å². The first-order valence-electron chi connectivity index (χ1n) is 4.78. The summed E-state index contributed by atoms with van der Waals surface area (Å²) in [6.45, 7) is 1.75.